The molecule has 0 aliphatic carbocycles. The van der Waals surface area contributed by atoms with Crippen LogP contribution in [0, 0.1) is 20.8 Å². The van der Waals surface area contributed by atoms with E-state index in [-0.39, 0.29) is 12.3 Å². The van der Waals surface area contributed by atoms with Gasteiger partial charge in [-0.25, -0.2) is 13.1 Å². The van der Waals surface area contributed by atoms with Crippen LogP contribution in [0.15, 0.2) is 36.4 Å². The maximum atomic E-state index is 12.6. The Morgan fingerprint density at radius 1 is 1.08 bits per heavy atom. The van der Waals surface area contributed by atoms with Gasteiger partial charge >= 0.3 is 0 Å². The Balaban J connectivity index is 2.22. The second kappa shape index (κ2) is 8.20. The zero-order valence-corrected chi connectivity index (χ0v) is 16.8. The summed E-state index contributed by atoms with van der Waals surface area (Å²) in [6.07, 6.45) is 1.05. The van der Waals surface area contributed by atoms with Crippen LogP contribution in [0.5, 0.6) is 0 Å². The first-order valence-corrected chi connectivity index (χ1v) is 10.4. The Hall–Kier alpha value is -1.89. The maximum Gasteiger partial charge on any atom is 0.226 e. The van der Waals surface area contributed by atoms with Gasteiger partial charge in [0.25, 0.3) is 0 Å². The van der Waals surface area contributed by atoms with E-state index in [1.807, 2.05) is 32.9 Å². The fraction of sp³-hybridized carbons (Fsp3) is 0.316. The van der Waals surface area contributed by atoms with E-state index >= 15 is 0 Å². The number of hydrogen-bond donors (Lipinski definition) is 2. The van der Waals surface area contributed by atoms with E-state index in [0.29, 0.717) is 10.6 Å². The third kappa shape index (κ3) is 5.83. The first-order valence-electron chi connectivity index (χ1n) is 8.15. The molecule has 2 rings (SSSR count). The lowest BCUT2D eigenvalue weighted by Crippen LogP contribution is -2.31. The van der Waals surface area contributed by atoms with Gasteiger partial charge in [0.05, 0.1) is 12.3 Å². The standard InChI is InChI=1S/C19H23ClN2O3S/c1-12-9-13(2)19(14(3)10-12)21-18(23)11-17(22-26(4,24)25)15-5-7-16(20)8-6-15/h5-10,17,22H,11H2,1-4H3,(H,21,23). The molecule has 140 valence electrons. The molecule has 0 saturated heterocycles. The van der Waals surface area contributed by atoms with E-state index in [9.17, 15) is 13.2 Å². The molecule has 0 radical (unpaired) electrons. The van der Waals surface area contributed by atoms with Crippen molar-refractivity contribution in [1.82, 2.24) is 4.72 Å². The number of benzene rings is 2. The van der Waals surface area contributed by atoms with Crippen molar-refractivity contribution in [2.75, 3.05) is 11.6 Å². The Morgan fingerprint density at radius 2 is 1.62 bits per heavy atom. The molecule has 2 aromatic carbocycles. The van der Waals surface area contributed by atoms with Gasteiger partial charge in [-0.3, -0.25) is 4.79 Å². The Morgan fingerprint density at radius 3 is 2.12 bits per heavy atom. The molecule has 0 fully saturated rings. The summed E-state index contributed by atoms with van der Waals surface area (Å²) >= 11 is 5.89. The van der Waals surface area contributed by atoms with E-state index < -0.39 is 16.1 Å². The van der Waals surface area contributed by atoms with E-state index in [0.717, 1.165) is 28.6 Å². The second-order valence-electron chi connectivity index (χ2n) is 6.52. The summed E-state index contributed by atoms with van der Waals surface area (Å²) in [4.78, 5) is 12.6. The lowest BCUT2D eigenvalue weighted by atomic mass is 10.0. The molecular weight excluding hydrogens is 372 g/mol. The largest absolute Gasteiger partial charge is 0.326 e. The number of nitrogens with one attached hydrogen (secondary N) is 2. The summed E-state index contributed by atoms with van der Waals surface area (Å²) in [5, 5.41) is 3.45. The van der Waals surface area contributed by atoms with Crippen LogP contribution < -0.4 is 10.0 Å². The van der Waals surface area contributed by atoms with Crippen LogP contribution in [0.2, 0.25) is 5.02 Å². The molecule has 2 aromatic rings. The van der Waals surface area contributed by atoms with Crippen LogP contribution >= 0.6 is 11.6 Å². The topological polar surface area (TPSA) is 75.3 Å². The third-order valence-electron chi connectivity index (χ3n) is 3.96. The van der Waals surface area contributed by atoms with Crippen molar-refractivity contribution in [1.29, 1.82) is 0 Å². The Bertz CT molecular complexity index is 886. The molecule has 1 unspecified atom stereocenters. The van der Waals surface area contributed by atoms with Gasteiger partial charge in [0.1, 0.15) is 0 Å². The minimum atomic E-state index is -3.49. The van der Waals surface area contributed by atoms with Crippen molar-refractivity contribution in [3.8, 4) is 0 Å². The highest BCUT2D eigenvalue weighted by Gasteiger charge is 2.20. The molecule has 7 heteroatoms. The average molecular weight is 395 g/mol. The molecule has 2 N–H and O–H groups in total. The van der Waals surface area contributed by atoms with Crippen molar-refractivity contribution in [3.63, 3.8) is 0 Å². The molecule has 0 aromatic heterocycles. The molecule has 1 amide bonds. The van der Waals surface area contributed by atoms with Gasteiger partial charge in [-0.15, -0.1) is 0 Å². The third-order valence-corrected chi connectivity index (χ3v) is 4.92. The SMILES string of the molecule is Cc1cc(C)c(NC(=O)CC(NS(C)(=O)=O)c2ccc(Cl)cc2)c(C)c1. The zero-order chi connectivity index (χ0) is 19.5. The first kappa shape index (κ1) is 20.4. The summed E-state index contributed by atoms with van der Waals surface area (Å²) in [5.41, 5.74) is 4.49. The van der Waals surface area contributed by atoms with Crippen LogP contribution in [-0.2, 0) is 14.8 Å². The van der Waals surface area contributed by atoms with Crippen molar-refractivity contribution >= 4 is 33.2 Å². The quantitative estimate of drug-likeness (QED) is 0.780. The first-order chi connectivity index (χ1) is 12.0. The highest BCUT2D eigenvalue weighted by molar-refractivity contribution is 7.88. The molecule has 0 spiro atoms. The normalized spacial score (nSPS) is 12.7. The summed E-state index contributed by atoms with van der Waals surface area (Å²) in [6.45, 7) is 5.86. The lowest BCUT2D eigenvalue weighted by molar-refractivity contribution is -0.116. The summed E-state index contributed by atoms with van der Waals surface area (Å²) in [5.74, 6) is -0.267. The number of carbonyl (C=O) groups is 1. The molecule has 1 atom stereocenters. The van der Waals surface area contributed by atoms with Crippen molar-refractivity contribution in [3.05, 3.63) is 63.7 Å². The van der Waals surface area contributed by atoms with Crippen LogP contribution in [-0.4, -0.2) is 20.6 Å². The minimum Gasteiger partial charge on any atom is -0.326 e. The number of sulfonamides is 1. The monoisotopic (exact) mass is 394 g/mol. The minimum absolute atomic E-state index is 0.0263. The van der Waals surface area contributed by atoms with Crippen molar-refractivity contribution < 1.29 is 13.2 Å². The fourth-order valence-corrected chi connectivity index (χ4v) is 3.80. The van der Waals surface area contributed by atoms with Gasteiger partial charge in [-0.05, 0) is 49.6 Å². The van der Waals surface area contributed by atoms with Crippen molar-refractivity contribution in [2.45, 2.75) is 33.2 Å². The number of hydrogen-bond acceptors (Lipinski definition) is 3. The van der Waals surface area contributed by atoms with Crippen LogP contribution in [0.4, 0.5) is 5.69 Å². The van der Waals surface area contributed by atoms with E-state index in [1.54, 1.807) is 24.3 Å². The summed E-state index contributed by atoms with van der Waals surface area (Å²) in [7, 11) is -3.49. The smallest absolute Gasteiger partial charge is 0.226 e. The predicted molar refractivity (Wildman–Crippen MR) is 106 cm³/mol. The van der Waals surface area contributed by atoms with Crippen LogP contribution in [0.3, 0.4) is 0 Å². The molecule has 0 aliphatic rings. The van der Waals surface area contributed by atoms with Gasteiger partial charge in [-0.2, -0.15) is 0 Å². The Labute approximate surface area is 159 Å². The average Bonchev–Trinajstić information content (AvgIpc) is 2.49. The van der Waals surface area contributed by atoms with E-state index in [2.05, 4.69) is 10.0 Å². The van der Waals surface area contributed by atoms with E-state index in [1.165, 1.54) is 0 Å². The molecule has 5 nitrogen and oxygen atoms in total. The fourth-order valence-electron chi connectivity index (χ4n) is 2.93. The Kier molecular flexibility index (Phi) is 6.44. The number of aryl methyl sites for hydroxylation is 3. The predicted octanol–water partition coefficient (Wildman–Crippen LogP) is 3.88. The second-order valence-corrected chi connectivity index (χ2v) is 8.74. The summed E-state index contributed by atoms with van der Waals surface area (Å²) < 4.78 is 25.9. The molecule has 26 heavy (non-hydrogen) atoms. The van der Waals surface area contributed by atoms with Crippen molar-refractivity contribution in [2.24, 2.45) is 0 Å². The molecular formula is C19H23ClN2O3S. The van der Waals surface area contributed by atoms with Crippen LogP contribution in [0.1, 0.15) is 34.7 Å². The van der Waals surface area contributed by atoms with Gasteiger partial charge in [0.2, 0.25) is 15.9 Å². The number of rotatable bonds is 6. The number of amides is 1. The van der Waals surface area contributed by atoms with Gasteiger partial charge in [-0.1, -0.05) is 41.4 Å². The van der Waals surface area contributed by atoms with Gasteiger partial charge in [0, 0.05) is 17.1 Å². The van der Waals surface area contributed by atoms with E-state index in [4.69, 9.17) is 11.6 Å². The number of anilines is 1. The number of halogens is 1. The summed E-state index contributed by atoms with van der Waals surface area (Å²) in [6, 6.07) is 10.1. The molecule has 0 heterocycles. The lowest BCUT2D eigenvalue weighted by Gasteiger charge is -2.19. The molecule has 0 aliphatic heterocycles. The number of carbonyl (C=O) groups excluding carboxylic acids is 1. The van der Waals surface area contributed by atoms with Gasteiger partial charge < -0.3 is 5.32 Å². The zero-order valence-electron chi connectivity index (χ0n) is 15.3. The maximum absolute atomic E-state index is 12.6. The molecule has 0 bridgehead atoms. The van der Waals surface area contributed by atoms with Crippen LogP contribution in [0.25, 0.3) is 0 Å². The van der Waals surface area contributed by atoms with Gasteiger partial charge in [0.15, 0.2) is 0 Å². The molecule has 0 saturated carbocycles. The highest BCUT2D eigenvalue weighted by atomic mass is 35.5. The highest BCUT2D eigenvalue weighted by Crippen LogP contribution is 2.24.